The molecule has 1 atom stereocenters. The second-order valence-corrected chi connectivity index (χ2v) is 9.73. The molecule has 0 radical (unpaired) electrons. The number of alkyl halides is 2. The second kappa shape index (κ2) is 9.43. The predicted molar refractivity (Wildman–Crippen MR) is 127 cm³/mol. The number of aliphatic carboxylic acids is 1. The molecule has 6 nitrogen and oxygen atoms in total. The van der Waals surface area contributed by atoms with E-state index in [-0.39, 0.29) is 5.56 Å². The second-order valence-electron chi connectivity index (χ2n) is 9.01. The molecular weight excluding hydrogens is 461 g/mol. The summed E-state index contributed by atoms with van der Waals surface area (Å²) in [7, 11) is 1.53. The maximum Gasteiger partial charge on any atom is 0.347 e. The molecule has 180 valence electrons. The van der Waals surface area contributed by atoms with Gasteiger partial charge < -0.3 is 14.4 Å². The highest BCUT2D eigenvalue weighted by molar-refractivity contribution is 7.17. The van der Waals surface area contributed by atoms with E-state index in [4.69, 9.17) is 9.26 Å². The van der Waals surface area contributed by atoms with Crippen LogP contribution in [0.1, 0.15) is 36.2 Å². The van der Waals surface area contributed by atoms with Crippen LogP contribution in [0.2, 0.25) is 0 Å². The van der Waals surface area contributed by atoms with Crippen molar-refractivity contribution in [1.82, 2.24) is 10.1 Å². The molecule has 0 aliphatic carbocycles. The van der Waals surface area contributed by atoms with Gasteiger partial charge >= 0.3 is 5.97 Å². The molecule has 2 aromatic carbocycles. The first-order valence-electron chi connectivity index (χ1n) is 11.0. The lowest BCUT2D eigenvalue weighted by molar-refractivity contribution is -0.152. The van der Waals surface area contributed by atoms with Gasteiger partial charge in [0.25, 0.3) is 5.66 Å². The Labute approximate surface area is 199 Å². The standard InChI is InChI=1S/C25H27F2N2O4P/c1-24(2,23(30)31)32-21-8-5-16-9-11-29(12-10-18(16)13-21)15-20-14-22(33-28-20)17-3-6-19(7-4-17)25(26,27)34/h3-8,13-14H,9-12,15,34H2,1-2H3,(H,30,31). The highest BCUT2D eigenvalue weighted by Crippen LogP contribution is 2.35. The van der Waals surface area contributed by atoms with E-state index in [1.807, 2.05) is 24.3 Å². The van der Waals surface area contributed by atoms with Gasteiger partial charge in [0.05, 0.1) is 5.69 Å². The third-order valence-corrected chi connectivity index (χ3v) is 6.29. The zero-order chi connectivity index (χ0) is 24.5. The fourth-order valence-corrected chi connectivity index (χ4v) is 4.11. The van der Waals surface area contributed by atoms with Gasteiger partial charge in [-0.1, -0.05) is 44.7 Å². The van der Waals surface area contributed by atoms with Crippen LogP contribution in [0.3, 0.4) is 0 Å². The monoisotopic (exact) mass is 488 g/mol. The van der Waals surface area contributed by atoms with Crippen LogP contribution in [-0.2, 0) is 29.8 Å². The maximum absolute atomic E-state index is 13.4. The van der Waals surface area contributed by atoms with Crippen molar-refractivity contribution in [1.29, 1.82) is 0 Å². The van der Waals surface area contributed by atoms with Crippen LogP contribution in [0, 0.1) is 0 Å². The summed E-state index contributed by atoms with van der Waals surface area (Å²) in [5, 5.41) is 13.5. The zero-order valence-corrected chi connectivity index (χ0v) is 20.2. The largest absolute Gasteiger partial charge is 0.478 e. The van der Waals surface area contributed by atoms with Crippen LogP contribution in [0.4, 0.5) is 8.78 Å². The Morgan fingerprint density at radius 2 is 1.79 bits per heavy atom. The molecule has 1 unspecified atom stereocenters. The fraction of sp³-hybridized carbons (Fsp3) is 0.360. The number of carboxylic acids is 1. The Balaban J connectivity index is 1.39. The molecule has 1 N–H and O–H groups in total. The molecule has 1 aliphatic rings. The van der Waals surface area contributed by atoms with Crippen LogP contribution in [0.25, 0.3) is 11.3 Å². The molecule has 0 saturated carbocycles. The van der Waals surface area contributed by atoms with Crippen LogP contribution in [0.15, 0.2) is 53.1 Å². The van der Waals surface area contributed by atoms with Crippen LogP contribution in [-0.4, -0.2) is 39.8 Å². The summed E-state index contributed by atoms with van der Waals surface area (Å²) in [4.78, 5) is 13.6. The molecule has 4 rings (SSSR count). The van der Waals surface area contributed by atoms with Crippen LogP contribution >= 0.6 is 9.24 Å². The summed E-state index contributed by atoms with van der Waals surface area (Å²) >= 11 is 0. The molecule has 1 aliphatic heterocycles. The molecular formula is C25H27F2N2O4P. The van der Waals surface area contributed by atoms with E-state index in [9.17, 15) is 18.7 Å². The van der Waals surface area contributed by atoms with Gasteiger partial charge in [-0.2, -0.15) is 8.78 Å². The van der Waals surface area contributed by atoms with Crippen molar-refractivity contribution in [2.24, 2.45) is 0 Å². The molecule has 0 amide bonds. The zero-order valence-electron chi connectivity index (χ0n) is 19.1. The van der Waals surface area contributed by atoms with Gasteiger partial charge in [-0.25, -0.2) is 4.79 Å². The lowest BCUT2D eigenvalue weighted by atomic mass is 10.0. The van der Waals surface area contributed by atoms with Gasteiger partial charge in [0.1, 0.15) is 5.75 Å². The molecule has 9 heteroatoms. The van der Waals surface area contributed by atoms with Crippen LogP contribution < -0.4 is 4.74 Å². The van der Waals surface area contributed by atoms with Crippen molar-refractivity contribution in [3.63, 3.8) is 0 Å². The van der Waals surface area contributed by atoms with Gasteiger partial charge in [0.2, 0.25) is 0 Å². The first-order valence-corrected chi connectivity index (χ1v) is 11.6. The Bertz CT molecular complexity index is 1170. The minimum atomic E-state index is -2.96. The lowest BCUT2D eigenvalue weighted by Crippen LogP contribution is -2.37. The summed E-state index contributed by atoms with van der Waals surface area (Å²) in [6.07, 6.45) is 1.66. The topological polar surface area (TPSA) is 75.8 Å². The molecule has 2 heterocycles. The Hall–Kier alpha value is -2.83. The minimum absolute atomic E-state index is 0.0785. The van der Waals surface area contributed by atoms with E-state index < -0.39 is 17.2 Å². The highest BCUT2D eigenvalue weighted by Gasteiger charge is 2.30. The number of nitrogens with zero attached hydrogens (tertiary/aromatic N) is 2. The van der Waals surface area contributed by atoms with Crippen molar-refractivity contribution >= 4 is 15.2 Å². The Morgan fingerprint density at radius 1 is 1.12 bits per heavy atom. The molecule has 0 spiro atoms. The van der Waals surface area contributed by atoms with Crippen molar-refractivity contribution in [3.8, 4) is 17.1 Å². The summed E-state index contributed by atoms with van der Waals surface area (Å²) in [5.41, 5.74) is -0.514. The quantitative estimate of drug-likeness (QED) is 0.466. The normalized spacial score (nSPS) is 15.0. The van der Waals surface area contributed by atoms with Crippen molar-refractivity contribution in [2.75, 3.05) is 13.1 Å². The Kier molecular flexibility index (Phi) is 6.74. The highest BCUT2D eigenvalue weighted by atomic mass is 31.0. The van der Waals surface area contributed by atoms with Gasteiger partial charge in [-0.05, 0) is 49.9 Å². The van der Waals surface area contributed by atoms with Crippen molar-refractivity contribution in [3.05, 3.63) is 70.9 Å². The number of fused-ring (bicyclic) bond motifs is 1. The average Bonchev–Trinajstić information content (AvgIpc) is 3.15. The third-order valence-electron chi connectivity index (χ3n) is 5.96. The molecule has 3 aromatic rings. The first-order chi connectivity index (χ1) is 16.0. The molecule has 34 heavy (non-hydrogen) atoms. The maximum atomic E-state index is 13.4. The number of carbonyl (C=O) groups is 1. The lowest BCUT2D eigenvalue weighted by Gasteiger charge is -2.22. The summed E-state index contributed by atoms with van der Waals surface area (Å²) in [6, 6.07) is 13.6. The SMILES string of the molecule is CC(C)(Oc1ccc2c(c1)CCN(Cc1cc(-c3ccc(C(F)(F)P)cc3)on1)CC2)C(=O)O. The van der Waals surface area contributed by atoms with Crippen molar-refractivity contribution < 1.29 is 27.9 Å². The van der Waals surface area contributed by atoms with Gasteiger partial charge in [0.15, 0.2) is 11.4 Å². The fourth-order valence-electron chi connectivity index (χ4n) is 3.92. The van der Waals surface area contributed by atoms with E-state index in [1.165, 1.54) is 40.8 Å². The number of ether oxygens (including phenoxy) is 1. The van der Waals surface area contributed by atoms with E-state index >= 15 is 0 Å². The van der Waals surface area contributed by atoms with Crippen LogP contribution in [0.5, 0.6) is 5.75 Å². The molecule has 0 saturated heterocycles. The number of rotatable bonds is 7. The molecule has 1 aromatic heterocycles. The number of hydrogen-bond donors (Lipinski definition) is 1. The van der Waals surface area contributed by atoms with Gasteiger partial charge in [0, 0.05) is 36.8 Å². The molecule has 0 fully saturated rings. The van der Waals surface area contributed by atoms with E-state index in [0.717, 1.165) is 37.2 Å². The summed E-state index contributed by atoms with van der Waals surface area (Å²) < 4.78 is 37.9. The Morgan fingerprint density at radius 3 is 2.44 bits per heavy atom. The number of aromatic nitrogens is 1. The number of benzene rings is 2. The van der Waals surface area contributed by atoms with E-state index in [0.29, 0.717) is 23.6 Å². The van der Waals surface area contributed by atoms with Gasteiger partial charge in [-0.15, -0.1) is 0 Å². The summed E-state index contributed by atoms with van der Waals surface area (Å²) in [5.74, 6) is 0.0691. The van der Waals surface area contributed by atoms with Crippen molar-refractivity contribution in [2.45, 2.75) is 44.5 Å². The smallest absolute Gasteiger partial charge is 0.347 e. The van der Waals surface area contributed by atoms with Gasteiger partial charge in [-0.3, -0.25) is 4.90 Å². The predicted octanol–water partition coefficient (Wildman–Crippen LogP) is 5.11. The summed E-state index contributed by atoms with van der Waals surface area (Å²) in [6.45, 7) is 5.31. The molecule has 0 bridgehead atoms. The minimum Gasteiger partial charge on any atom is -0.478 e. The number of carboxylic acid groups (broad SMARTS) is 1. The third kappa shape index (κ3) is 5.62. The first kappa shape index (κ1) is 24.3. The van der Waals surface area contributed by atoms with E-state index in [1.54, 1.807) is 12.1 Å². The average molecular weight is 488 g/mol. The number of hydrogen-bond acceptors (Lipinski definition) is 5. The van der Waals surface area contributed by atoms with E-state index in [2.05, 4.69) is 10.1 Å². The number of halogens is 2.